The minimum Gasteiger partial charge on any atom is -0.388 e. The van der Waals surface area contributed by atoms with Crippen LogP contribution in [0.15, 0.2) is 18.3 Å². The van der Waals surface area contributed by atoms with Crippen molar-refractivity contribution in [2.45, 2.75) is 51.6 Å². The van der Waals surface area contributed by atoms with E-state index in [2.05, 4.69) is 28.2 Å². The first-order chi connectivity index (χ1) is 8.83. The molecule has 1 saturated heterocycles. The first kappa shape index (κ1) is 13.3. The van der Waals surface area contributed by atoms with Crippen molar-refractivity contribution in [3.63, 3.8) is 0 Å². The van der Waals surface area contributed by atoms with E-state index < -0.39 is 0 Å². The number of pyridine rings is 1. The third kappa shape index (κ3) is 3.45. The topological polar surface area (TPSA) is 28.2 Å². The molecule has 0 aromatic carbocycles. The highest BCUT2D eigenvalue weighted by Gasteiger charge is 2.21. The quantitative estimate of drug-likeness (QED) is 0.865. The van der Waals surface area contributed by atoms with Crippen LogP contribution < -0.4 is 5.32 Å². The molecule has 1 unspecified atom stereocenters. The molecule has 1 N–H and O–H groups in total. The number of nitrogens with one attached hydrogen (secondary N) is 1. The summed E-state index contributed by atoms with van der Waals surface area (Å²) in [7, 11) is 1.96. The van der Waals surface area contributed by atoms with Crippen molar-refractivity contribution in [1.82, 2.24) is 9.88 Å². The molecule has 0 spiro atoms. The molecular weight excluding hydrogens is 222 g/mol. The SMILES string of the molecule is CCCC1CCCCN1Cc1cc(NC)ccn1. The highest BCUT2D eigenvalue weighted by atomic mass is 15.2. The Kier molecular flexibility index (Phi) is 5.00. The maximum atomic E-state index is 4.49. The number of likely N-dealkylation sites (tertiary alicyclic amines) is 1. The molecule has 1 aliphatic heterocycles. The normalized spacial score (nSPS) is 20.9. The Morgan fingerprint density at radius 2 is 2.33 bits per heavy atom. The monoisotopic (exact) mass is 247 g/mol. The summed E-state index contributed by atoms with van der Waals surface area (Å²) in [6.07, 6.45) is 8.60. The third-order valence-electron chi connectivity index (χ3n) is 3.84. The van der Waals surface area contributed by atoms with E-state index in [1.165, 1.54) is 44.3 Å². The Morgan fingerprint density at radius 3 is 3.11 bits per heavy atom. The predicted octanol–water partition coefficient (Wildman–Crippen LogP) is 3.28. The molecule has 0 radical (unpaired) electrons. The fourth-order valence-electron chi connectivity index (χ4n) is 2.86. The van der Waals surface area contributed by atoms with Gasteiger partial charge < -0.3 is 5.32 Å². The fraction of sp³-hybridized carbons (Fsp3) is 0.667. The molecule has 3 nitrogen and oxygen atoms in total. The van der Waals surface area contributed by atoms with Gasteiger partial charge in [-0.25, -0.2) is 0 Å². The number of hydrogen-bond donors (Lipinski definition) is 1. The van der Waals surface area contributed by atoms with E-state index in [9.17, 15) is 0 Å². The van der Waals surface area contributed by atoms with Crippen LogP contribution in [-0.2, 0) is 6.54 Å². The lowest BCUT2D eigenvalue weighted by atomic mass is 9.98. The molecule has 0 aliphatic carbocycles. The van der Waals surface area contributed by atoms with E-state index in [0.29, 0.717) is 0 Å². The van der Waals surface area contributed by atoms with Gasteiger partial charge in [0.2, 0.25) is 0 Å². The minimum atomic E-state index is 0.767. The van der Waals surface area contributed by atoms with Crippen LogP contribution in [-0.4, -0.2) is 29.5 Å². The van der Waals surface area contributed by atoms with Gasteiger partial charge in [0.15, 0.2) is 0 Å². The molecule has 18 heavy (non-hydrogen) atoms. The zero-order valence-corrected chi connectivity index (χ0v) is 11.7. The molecule has 2 heterocycles. The molecule has 3 heteroatoms. The molecule has 1 aliphatic rings. The van der Waals surface area contributed by atoms with Gasteiger partial charge in [-0.2, -0.15) is 0 Å². The van der Waals surface area contributed by atoms with Gasteiger partial charge in [-0.1, -0.05) is 19.8 Å². The van der Waals surface area contributed by atoms with Crippen LogP contribution in [0.5, 0.6) is 0 Å². The molecular formula is C15H25N3. The van der Waals surface area contributed by atoms with Crippen molar-refractivity contribution in [1.29, 1.82) is 0 Å². The zero-order valence-electron chi connectivity index (χ0n) is 11.7. The summed E-state index contributed by atoms with van der Waals surface area (Å²) in [5.41, 5.74) is 2.34. The summed E-state index contributed by atoms with van der Waals surface area (Å²) in [4.78, 5) is 7.11. The van der Waals surface area contributed by atoms with Crippen molar-refractivity contribution in [2.75, 3.05) is 18.9 Å². The fourth-order valence-corrected chi connectivity index (χ4v) is 2.86. The summed E-state index contributed by atoms with van der Waals surface area (Å²) >= 11 is 0. The van der Waals surface area contributed by atoms with Crippen LogP contribution in [0.4, 0.5) is 5.69 Å². The summed E-state index contributed by atoms with van der Waals surface area (Å²) in [5, 5.41) is 3.18. The number of rotatable bonds is 5. The molecule has 1 aromatic heterocycles. The number of anilines is 1. The first-order valence-electron chi connectivity index (χ1n) is 7.20. The standard InChI is InChI=1S/C15H25N3/c1-3-6-15-7-4-5-10-18(15)12-14-11-13(16-2)8-9-17-14/h8-9,11,15H,3-7,10,12H2,1-2H3,(H,16,17). The van der Waals surface area contributed by atoms with Crippen molar-refractivity contribution in [2.24, 2.45) is 0 Å². The molecule has 1 fully saturated rings. The van der Waals surface area contributed by atoms with E-state index in [-0.39, 0.29) is 0 Å². The van der Waals surface area contributed by atoms with Crippen molar-refractivity contribution in [3.05, 3.63) is 24.0 Å². The van der Waals surface area contributed by atoms with Crippen LogP contribution in [0, 0.1) is 0 Å². The van der Waals surface area contributed by atoms with Crippen molar-refractivity contribution < 1.29 is 0 Å². The van der Waals surface area contributed by atoms with Gasteiger partial charge in [-0.3, -0.25) is 9.88 Å². The number of aromatic nitrogens is 1. The Balaban J connectivity index is 2.01. The second-order valence-electron chi connectivity index (χ2n) is 5.19. The van der Waals surface area contributed by atoms with Crippen LogP contribution in [0.3, 0.4) is 0 Å². The summed E-state index contributed by atoms with van der Waals surface area (Å²) in [6.45, 7) is 4.52. The van der Waals surface area contributed by atoms with Crippen LogP contribution in [0.2, 0.25) is 0 Å². The van der Waals surface area contributed by atoms with E-state index in [1.54, 1.807) is 0 Å². The summed E-state index contributed by atoms with van der Waals surface area (Å²) in [6, 6.07) is 4.95. The number of piperidine rings is 1. The van der Waals surface area contributed by atoms with Gasteiger partial charge in [0.05, 0.1) is 5.69 Å². The van der Waals surface area contributed by atoms with Gasteiger partial charge in [0.1, 0.15) is 0 Å². The van der Waals surface area contributed by atoms with E-state index in [1.807, 2.05) is 19.3 Å². The molecule has 1 atom stereocenters. The largest absolute Gasteiger partial charge is 0.388 e. The molecule has 0 amide bonds. The second-order valence-corrected chi connectivity index (χ2v) is 5.19. The summed E-state index contributed by atoms with van der Waals surface area (Å²) in [5.74, 6) is 0. The number of nitrogens with zero attached hydrogens (tertiary/aromatic N) is 2. The first-order valence-corrected chi connectivity index (χ1v) is 7.20. The number of hydrogen-bond acceptors (Lipinski definition) is 3. The predicted molar refractivity (Wildman–Crippen MR) is 76.7 cm³/mol. The van der Waals surface area contributed by atoms with E-state index in [0.717, 1.165) is 18.3 Å². The van der Waals surface area contributed by atoms with Crippen LogP contribution in [0.25, 0.3) is 0 Å². The Morgan fingerprint density at radius 1 is 1.44 bits per heavy atom. The molecule has 0 bridgehead atoms. The second kappa shape index (κ2) is 6.74. The van der Waals surface area contributed by atoms with E-state index >= 15 is 0 Å². The highest BCUT2D eigenvalue weighted by molar-refractivity contribution is 5.42. The van der Waals surface area contributed by atoms with Crippen LogP contribution >= 0.6 is 0 Å². The van der Waals surface area contributed by atoms with Gasteiger partial charge in [-0.05, 0) is 37.9 Å². The Labute approximate surface area is 111 Å². The molecule has 1 aromatic rings. The molecule has 100 valence electrons. The zero-order chi connectivity index (χ0) is 12.8. The Bertz CT molecular complexity index is 363. The lowest BCUT2D eigenvalue weighted by Gasteiger charge is -2.35. The highest BCUT2D eigenvalue weighted by Crippen LogP contribution is 2.22. The van der Waals surface area contributed by atoms with Crippen molar-refractivity contribution in [3.8, 4) is 0 Å². The third-order valence-corrected chi connectivity index (χ3v) is 3.84. The van der Waals surface area contributed by atoms with Gasteiger partial charge in [0, 0.05) is 31.5 Å². The van der Waals surface area contributed by atoms with Gasteiger partial charge in [0.25, 0.3) is 0 Å². The van der Waals surface area contributed by atoms with Gasteiger partial charge >= 0.3 is 0 Å². The molecule has 2 rings (SSSR count). The molecule has 0 saturated carbocycles. The average molecular weight is 247 g/mol. The summed E-state index contributed by atoms with van der Waals surface area (Å²) < 4.78 is 0. The van der Waals surface area contributed by atoms with Gasteiger partial charge in [-0.15, -0.1) is 0 Å². The maximum Gasteiger partial charge on any atom is 0.0564 e. The maximum absolute atomic E-state index is 4.49. The lowest BCUT2D eigenvalue weighted by molar-refractivity contribution is 0.130. The Hall–Kier alpha value is -1.09. The van der Waals surface area contributed by atoms with Crippen LogP contribution in [0.1, 0.15) is 44.7 Å². The average Bonchev–Trinajstić information content (AvgIpc) is 2.41. The smallest absolute Gasteiger partial charge is 0.0564 e. The lowest BCUT2D eigenvalue weighted by Crippen LogP contribution is -2.38. The van der Waals surface area contributed by atoms with E-state index in [4.69, 9.17) is 0 Å². The minimum absolute atomic E-state index is 0.767. The van der Waals surface area contributed by atoms with Crippen molar-refractivity contribution >= 4 is 5.69 Å².